The molecule has 152 valence electrons. The van der Waals surface area contributed by atoms with Crippen LogP contribution in [0.5, 0.6) is 0 Å². The van der Waals surface area contributed by atoms with E-state index in [0.29, 0.717) is 23.5 Å². The van der Waals surface area contributed by atoms with E-state index in [1.807, 2.05) is 26.0 Å². The lowest BCUT2D eigenvalue weighted by Crippen LogP contribution is -2.16. The first kappa shape index (κ1) is 21.0. The second-order valence-corrected chi connectivity index (χ2v) is 8.23. The second kappa shape index (κ2) is 9.62. The van der Waals surface area contributed by atoms with Gasteiger partial charge in [0.1, 0.15) is 5.82 Å². The Labute approximate surface area is 167 Å². The van der Waals surface area contributed by atoms with Crippen LogP contribution >= 0.6 is 0 Å². The van der Waals surface area contributed by atoms with Crippen LogP contribution in [-0.2, 0) is 19.3 Å². The number of rotatable bonds is 7. The van der Waals surface area contributed by atoms with E-state index in [-0.39, 0.29) is 11.7 Å². The third-order valence-electron chi connectivity index (χ3n) is 6.35. The second-order valence-electron chi connectivity index (χ2n) is 8.23. The first-order chi connectivity index (χ1) is 13.5. The van der Waals surface area contributed by atoms with E-state index < -0.39 is 11.6 Å². The van der Waals surface area contributed by atoms with Crippen molar-refractivity contribution in [2.24, 2.45) is 5.92 Å². The molecule has 0 atom stereocenters. The van der Waals surface area contributed by atoms with Crippen LogP contribution in [0, 0.1) is 23.4 Å². The highest BCUT2D eigenvalue weighted by Gasteiger charge is 2.26. The molecule has 0 N–H and O–H groups in total. The molecule has 0 spiro atoms. The molecular formula is C25H31F3. The molecule has 28 heavy (non-hydrogen) atoms. The van der Waals surface area contributed by atoms with Crippen molar-refractivity contribution >= 4 is 0 Å². The normalized spacial score (nSPS) is 19.8. The average Bonchev–Trinajstić information content (AvgIpc) is 2.71. The maximum Gasteiger partial charge on any atom is 0.162 e. The first-order valence-corrected chi connectivity index (χ1v) is 10.8. The zero-order valence-electron chi connectivity index (χ0n) is 17.0. The SMILES string of the molecule is CCCc1ccc(C2CCC(CCc3ccc(CC)cc3F)CC2)c(F)c1F. The Morgan fingerprint density at radius 2 is 1.54 bits per heavy atom. The molecule has 3 rings (SSSR count). The van der Waals surface area contributed by atoms with Gasteiger partial charge in [0, 0.05) is 0 Å². The smallest absolute Gasteiger partial charge is 0.162 e. The van der Waals surface area contributed by atoms with E-state index in [9.17, 15) is 13.2 Å². The fraction of sp³-hybridized carbons (Fsp3) is 0.520. The van der Waals surface area contributed by atoms with Crippen LogP contribution in [0.15, 0.2) is 30.3 Å². The predicted octanol–water partition coefficient (Wildman–Crippen LogP) is 7.53. The summed E-state index contributed by atoms with van der Waals surface area (Å²) in [4.78, 5) is 0. The molecule has 2 aromatic rings. The quantitative estimate of drug-likeness (QED) is 0.460. The third kappa shape index (κ3) is 4.79. The summed E-state index contributed by atoms with van der Waals surface area (Å²) in [6.07, 6.45) is 7.69. The molecule has 0 bridgehead atoms. The third-order valence-corrected chi connectivity index (χ3v) is 6.35. The van der Waals surface area contributed by atoms with Gasteiger partial charge in [0.25, 0.3) is 0 Å². The first-order valence-electron chi connectivity index (χ1n) is 10.8. The van der Waals surface area contributed by atoms with Gasteiger partial charge in [0.15, 0.2) is 11.6 Å². The van der Waals surface area contributed by atoms with Crippen LogP contribution in [0.1, 0.15) is 80.5 Å². The molecule has 1 aliphatic carbocycles. The van der Waals surface area contributed by atoms with Gasteiger partial charge in [0.2, 0.25) is 0 Å². The van der Waals surface area contributed by atoms with Gasteiger partial charge in [-0.2, -0.15) is 0 Å². The maximum absolute atomic E-state index is 14.5. The topological polar surface area (TPSA) is 0 Å². The summed E-state index contributed by atoms with van der Waals surface area (Å²) < 4.78 is 43.0. The molecule has 0 aliphatic heterocycles. The van der Waals surface area contributed by atoms with Gasteiger partial charge >= 0.3 is 0 Å². The number of hydrogen-bond donors (Lipinski definition) is 0. The number of benzene rings is 2. The molecule has 1 saturated carbocycles. The van der Waals surface area contributed by atoms with Crippen molar-refractivity contribution in [3.05, 3.63) is 70.0 Å². The average molecular weight is 389 g/mol. The van der Waals surface area contributed by atoms with Gasteiger partial charge in [-0.25, -0.2) is 13.2 Å². The van der Waals surface area contributed by atoms with Crippen LogP contribution in [0.4, 0.5) is 13.2 Å². The van der Waals surface area contributed by atoms with E-state index in [1.165, 1.54) is 0 Å². The van der Waals surface area contributed by atoms with Crippen LogP contribution < -0.4 is 0 Å². The molecule has 0 unspecified atom stereocenters. The van der Waals surface area contributed by atoms with Gasteiger partial charge in [-0.3, -0.25) is 0 Å². The van der Waals surface area contributed by atoms with E-state index >= 15 is 0 Å². The van der Waals surface area contributed by atoms with Gasteiger partial charge in [-0.15, -0.1) is 0 Å². The molecule has 0 amide bonds. The Morgan fingerprint density at radius 1 is 0.821 bits per heavy atom. The van der Waals surface area contributed by atoms with E-state index in [2.05, 4.69) is 0 Å². The van der Waals surface area contributed by atoms with Crippen molar-refractivity contribution in [2.75, 3.05) is 0 Å². The standard InChI is InChI=1S/C25H31F3/c1-3-5-21-14-15-22(25(28)24(21)27)19-10-7-18(8-11-19)9-13-20-12-6-17(4-2)16-23(20)26/h6,12,14-16,18-19H,3-5,7-11,13H2,1-2H3. The van der Waals surface area contributed by atoms with Crippen molar-refractivity contribution in [2.45, 2.75) is 77.6 Å². The lowest BCUT2D eigenvalue weighted by Gasteiger charge is -2.29. The highest BCUT2D eigenvalue weighted by Crippen LogP contribution is 2.39. The molecule has 0 radical (unpaired) electrons. The Hall–Kier alpha value is -1.77. The zero-order valence-corrected chi connectivity index (χ0v) is 17.0. The largest absolute Gasteiger partial charge is 0.207 e. The molecule has 1 aliphatic rings. The van der Waals surface area contributed by atoms with Crippen LogP contribution in [0.25, 0.3) is 0 Å². The molecule has 2 aromatic carbocycles. The summed E-state index contributed by atoms with van der Waals surface area (Å²) in [5, 5.41) is 0. The van der Waals surface area contributed by atoms with E-state index in [4.69, 9.17) is 0 Å². The van der Waals surface area contributed by atoms with Crippen molar-refractivity contribution in [1.82, 2.24) is 0 Å². The summed E-state index contributed by atoms with van der Waals surface area (Å²) in [5.74, 6) is -0.770. The fourth-order valence-electron chi connectivity index (χ4n) is 4.52. The number of aryl methyl sites for hydroxylation is 3. The highest BCUT2D eigenvalue weighted by atomic mass is 19.2. The molecule has 0 nitrogen and oxygen atoms in total. The summed E-state index contributed by atoms with van der Waals surface area (Å²) in [5.41, 5.74) is 2.84. The van der Waals surface area contributed by atoms with E-state index in [1.54, 1.807) is 18.2 Å². The molecule has 1 fully saturated rings. The Morgan fingerprint density at radius 3 is 2.18 bits per heavy atom. The lowest BCUT2D eigenvalue weighted by atomic mass is 9.76. The summed E-state index contributed by atoms with van der Waals surface area (Å²) in [7, 11) is 0. The van der Waals surface area contributed by atoms with Crippen LogP contribution in [0.3, 0.4) is 0 Å². The van der Waals surface area contributed by atoms with Gasteiger partial charge in [-0.1, -0.05) is 44.5 Å². The minimum Gasteiger partial charge on any atom is -0.207 e. The number of halogens is 3. The predicted molar refractivity (Wildman–Crippen MR) is 109 cm³/mol. The van der Waals surface area contributed by atoms with Gasteiger partial charge < -0.3 is 0 Å². The van der Waals surface area contributed by atoms with Crippen molar-refractivity contribution in [1.29, 1.82) is 0 Å². The lowest BCUT2D eigenvalue weighted by molar-refractivity contribution is 0.304. The van der Waals surface area contributed by atoms with E-state index in [0.717, 1.165) is 62.5 Å². The van der Waals surface area contributed by atoms with Crippen molar-refractivity contribution in [3.8, 4) is 0 Å². The summed E-state index contributed by atoms with van der Waals surface area (Å²) >= 11 is 0. The molecule has 0 heterocycles. The molecule has 0 saturated heterocycles. The zero-order chi connectivity index (χ0) is 20.1. The number of hydrogen-bond acceptors (Lipinski definition) is 0. The molecular weight excluding hydrogens is 357 g/mol. The van der Waals surface area contributed by atoms with Crippen LogP contribution in [0.2, 0.25) is 0 Å². The maximum atomic E-state index is 14.5. The molecule has 0 aromatic heterocycles. The van der Waals surface area contributed by atoms with Crippen LogP contribution in [-0.4, -0.2) is 0 Å². The fourth-order valence-corrected chi connectivity index (χ4v) is 4.52. The summed E-state index contributed by atoms with van der Waals surface area (Å²) in [6, 6.07) is 9.11. The van der Waals surface area contributed by atoms with Gasteiger partial charge in [-0.05, 0) is 91.5 Å². The Balaban J connectivity index is 1.55. The van der Waals surface area contributed by atoms with Crippen molar-refractivity contribution < 1.29 is 13.2 Å². The monoisotopic (exact) mass is 388 g/mol. The minimum absolute atomic E-state index is 0.0991. The van der Waals surface area contributed by atoms with Crippen molar-refractivity contribution in [3.63, 3.8) is 0 Å². The Bertz CT molecular complexity index is 789. The molecule has 3 heteroatoms. The highest BCUT2D eigenvalue weighted by molar-refractivity contribution is 5.29. The summed E-state index contributed by atoms with van der Waals surface area (Å²) in [6.45, 7) is 4.00. The Kier molecular flexibility index (Phi) is 7.20. The minimum atomic E-state index is -0.660. The van der Waals surface area contributed by atoms with Gasteiger partial charge in [0.05, 0.1) is 0 Å².